The molecule has 19 heavy (non-hydrogen) atoms. The predicted octanol–water partition coefficient (Wildman–Crippen LogP) is 0.540. The molecule has 0 heterocycles. The summed E-state index contributed by atoms with van der Waals surface area (Å²) in [5, 5.41) is 22.6. The molecule has 1 rings (SSSR count). The van der Waals surface area contributed by atoms with E-state index < -0.39 is 6.10 Å². The second-order valence-electron chi connectivity index (χ2n) is 5.56. The number of aliphatic hydroxyl groups excluding tert-OH is 2. The lowest BCUT2D eigenvalue weighted by Crippen LogP contribution is -2.35. The third-order valence-electron chi connectivity index (χ3n) is 3.39. The Morgan fingerprint density at radius 1 is 1.26 bits per heavy atom. The van der Waals surface area contributed by atoms with Crippen LogP contribution in [0.1, 0.15) is 33.1 Å². The van der Waals surface area contributed by atoms with Gasteiger partial charge in [0, 0.05) is 13.1 Å². The zero-order valence-corrected chi connectivity index (χ0v) is 12.2. The highest BCUT2D eigenvalue weighted by Crippen LogP contribution is 2.24. The Hall–Kier alpha value is -0.200. The van der Waals surface area contributed by atoms with Crippen LogP contribution in [-0.4, -0.2) is 61.4 Å². The van der Waals surface area contributed by atoms with Crippen LogP contribution in [0.5, 0.6) is 0 Å². The molecular formula is C14H29NO4. The molecule has 1 aliphatic carbocycles. The minimum absolute atomic E-state index is 0.172. The van der Waals surface area contributed by atoms with Gasteiger partial charge < -0.3 is 25.0 Å². The first-order chi connectivity index (χ1) is 9.09. The highest BCUT2D eigenvalue weighted by molar-refractivity contribution is 4.78. The van der Waals surface area contributed by atoms with Crippen molar-refractivity contribution in [2.75, 3.05) is 32.9 Å². The van der Waals surface area contributed by atoms with Crippen LogP contribution in [0.25, 0.3) is 0 Å². The van der Waals surface area contributed by atoms with Gasteiger partial charge in [-0.2, -0.15) is 0 Å². The van der Waals surface area contributed by atoms with Crippen molar-refractivity contribution in [3.8, 4) is 0 Å². The minimum Gasteiger partial charge on any atom is -0.393 e. The Bertz CT molecular complexity index is 225. The van der Waals surface area contributed by atoms with Gasteiger partial charge in [0.15, 0.2) is 0 Å². The van der Waals surface area contributed by atoms with E-state index in [4.69, 9.17) is 9.47 Å². The Morgan fingerprint density at radius 2 is 2.05 bits per heavy atom. The third-order valence-corrected chi connectivity index (χ3v) is 3.39. The van der Waals surface area contributed by atoms with Crippen LogP contribution in [0.15, 0.2) is 0 Å². The van der Waals surface area contributed by atoms with Crippen molar-refractivity contribution >= 4 is 0 Å². The van der Waals surface area contributed by atoms with Crippen LogP contribution in [0.4, 0.5) is 0 Å². The zero-order chi connectivity index (χ0) is 14.1. The smallest absolute Gasteiger partial charge is 0.0897 e. The van der Waals surface area contributed by atoms with E-state index in [0.29, 0.717) is 32.3 Å². The predicted molar refractivity (Wildman–Crippen MR) is 74.1 cm³/mol. The van der Waals surface area contributed by atoms with Gasteiger partial charge in [0.25, 0.3) is 0 Å². The Labute approximate surface area is 116 Å². The van der Waals surface area contributed by atoms with E-state index in [0.717, 1.165) is 25.8 Å². The molecule has 3 unspecified atom stereocenters. The molecule has 5 heteroatoms. The molecule has 5 nitrogen and oxygen atoms in total. The molecule has 0 amide bonds. The summed E-state index contributed by atoms with van der Waals surface area (Å²) in [6.07, 6.45) is 2.63. The fourth-order valence-electron chi connectivity index (χ4n) is 2.31. The van der Waals surface area contributed by atoms with Crippen molar-refractivity contribution in [2.24, 2.45) is 5.92 Å². The number of hydrogen-bond donors (Lipinski definition) is 3. The Balaban J connectivity index is 1.91. The van der Waals surface area contributed by atoms with E-state index in [1.54, 1.807) is 0 Å². The number of aliphatic hydroxyl groups is 2. The maximum absolute atomic E-state index is 9.71. The molecule has 0 radical (unpaired) electrons. The largest absolute Gasteiger partial charge is 0.393 e. The van der Waals surface area contributed by atoms with Crippen molar-refractivity contribution in [3.63, 3.8) is 0 Å². The van der Waals surface area contributed by atoms with E-state index >= 15 is 0 Å². The molecule has 0 aromatic rings. The fourth-order valence-corrected chi connectivity index (χ4v) is 2.31. The third kappa shape index (κ3) is 7.84. The molecule has 0 aliphatic heterocycles. The van der Waals surface area contributed by atoms with Gasteiger partial charge in [0.05, 0.1) is 38.1 Å². The van der Waals surface area contributed by atoms with Gasteiger partial charge in [-0.3, -0.25) is 0 Å². The average molecular weight is 275 g/mol. The van der Waals surface area contributed by atoms with Gasteiger partial charge in [-0.1, -0.05) is 6.42 Å². The second-order valence-corrected chi connectivity index (χ2v) is 5.56. The Morgan fingerprint density at radius 3 is 2.68 bits per heavy atom. The highest BCUT2D eigenvalue weighted by atomic mass is 16.5. The maximum atomic E-state index is 9.71. The summed E-state index contributed by atoms with van der Waals surface area (Å²) >= 11 is 0. The first kappa shape index (κ1) is 16.9. The van der Waals surface area contributed by atoms with E-state index in [-0.39, 0.29) is 12.2 Å². The normalized spacial score (nSPS) is 25.1. The fraction of sp³-hybridized carbons (Fsp3) is 1.00. The molecule has 114 valence electrons. The number of rotatable bonds is 10. The van der Waals surface area contributed by atoms with E-state index in [1.807, 2.05) is 13.8 Å². The lowest BCUT2D eigenvalue weighted by atomic mass is 10.1. The van der Waals surface area contributed by atoms with Gasteiger partial charge in [-0.05, 0) is 32.6 Å². The average Bonchev–Trinajstić information content (AvgIpc) is 2.74. The van der Waals surface area contributed by atoms with Crippen molar-refractivity contribution in [1.82, 2.24) is 5.32 Å². The quantitative estimate of drug-likeness (QED) is 0.508. The summed E-state index contributed by atoms with van der Waals surface area (Å²) in [5.41, 5.74) is 0. The van der Waals surface area contributed by atoms with Crippen LogP contribution in [0, 0.1) is 5.92 Å². The van der Waals surface area contributed by atoms with Gasteiger partial charge in [-0.15, -0.1) is 0 Å². The molecule has 0 aromatic carbocycles. The number of hydrogen-bond acceptors (Lipinski definition) is 5. The van der Waals surface area contributed by atoms with Crippen LogP contribution in [0.2, 0.25) is 0 Å². The van der Waals surface area contributed by atoms with Gasteiger partial charge in [0.2, 0.25) is 0 Å². The molecule has 0 saturated heterocycles. The van der Waals surface area contributed by atoms with Crippen molar-refractivity contribution in [1.29, 1.82) is 0 Å². The maximum Gasteiger partial charge on any atom is 0.0897 e. The monoisotopic (exact) mass is 275 g/mol. The van der Waals surface area contributed by atoms with Gasteiger partial charge >= 0.3 is 0 Å². The summed E-state index contributed by atoms with van der Waals surface area (Å²) < 4.78 is 10.7. The van der Waals surface area contributed by atoms with Crippen molar-refractivity contribution in [3.05, 3.63) is 0 Å². The summed E-state index contributed by atoms with van der Waals surface area (Å²) in [5.74, 6) is 0.340. The summed E-state index contributed by atoms with van der Waals surface area (Å²) in [7, 11) is 0. The number of nitrogens with one attached hydrogen (secondary N) is 1. The van der Waals surface area contributed by atoms with Crippen LogP contribution < -0.4 is 5.32 Å². The Kier molecular flexibility index (Phi) is 8.57. The lowest BCUT2D eigenvalue weighted by Gasteiger charge is -2.17. The summed E-state index contributed by atoms with van der Waals surface area (Å²) in [6.45, 7) is 6.64. The molecule has 1 fully saturated rings. The summed E-state index contributed by atoms with van der Waals surface area (Å²) in [4.78, 5) is 0. The lowest BCUT2D eigenvalue weighted by molar-refractivity contribution is -0.0103. The molecule has 3 N–H and O–H groups in total. The van der Waals surface area contributed by atoms with E-state index in [1.165, 1.54) is 0 Å². The van der Waals surface area contributed by atoms with Gasteiger partial charge in [-0.25, -0.2) is 0 Å². The van der Waals surface area contributed by atoms with Crippen LogP contribution in [0.3, 0.4) is 0 Å². The van der Waals surface area contributed by atoms with Crippen molar-refractivity contribution in [2.45, 2.75) is 51.4 Å². The van der Waals surface area contributed by atoms with E-state index in [2.05, 4.69) is 5.32 Å². The first-order valence-corrected chi connectivity index (χ1v) is 7.35. The first-order valence-electron chi connectivity index (χ1n) is 7.35. The molecule has 1 saturated carbocycles. The van der Waals surface area contributed by atoms with E-state index in [9.17, 15) is 10.2 Å². The highest BCUT2D eigenvalue weighted by Gasteiger charge is 2.24. The van der Waals surface area contributed by atoms with Crippen molar-refractivity contribution < 1.29 is 19.7 Å². The molecule has 0 bridgehead atoms. The zero-order valence-electron chi connectivity index (χ0n) is 12.2. The standard InChI is InChI=1S/C14H29NO4/c1-11(2)19-7-6-18-10-13(16)9-15-8-12-4-3-5-14(12)17/h11-17H,3-10H2,1-2H3. The number of ether oxygens (including phenoxy) is 2. The molecule has 3 atom stereocenters. The topological polar surface area (TPSA) is 71.0 Å². The molecule has 0 aromatic heterocycles. The minimum atomic E-state index is -0.502. The second kappa shape index (κ2) is 9.66. The molecular weight excluding hydrogens is 246 g/mol. The molecule has 1 aliphatic rings. The van der Waals surface area contributed by atoms with Crippen LogP contribution in [-0.2, 0) is 9.47 Å². The SMILES string of the molecule is CC(C)OCCOCC(O)CNCC1CCCC1O. The van der Waals surface area contributed by atoms with Crippen LogP contribution >= 0.6 is 0 Å². The van der Waals surface area contributed by atoms with Gasteiger partial charge in [0.1, 0.15) is 0 Å². The molecule has 0 spiro atoms. The summed E-state index contributed by atoms with van der Waals surface area (Å²) in [6, 6.07) is 0.